The third-order valence-corrected chi connectivity index (χ3v) is 2.50. The summed E-state index contributed by atoms with van der Waals surface area (Å²) in [6.07, 6.45) is 0.384. The molecule has 0 saturated heterocycles. The molecule has 5 nitrogen and oxygen atoms in total. The second kappa shape index (κ2) is 7.93. The second-order valence-electron chi connectivity index (χ2n) is 4.12. The molecule has 0 aliphatic heterocycles. The lowest BCUT2D eigenvalue weighted by atomic mass is 10.0. The maximum atomic E-state index is 13.5. The van der Waals surface area contributed by atoms with Crippen molar-refractivity contribution < 1.29 is 23.8 Å². The van der Waals surface area contributed by atoms with Crippen LogP contribution in [0.3, 0.4) is 0 Å². The van der Waals surface area contributed by atoms with Crippen LogP contribution in [0, 0.1) is 5.82 Å². The fourth-order valence-corrected chi connectivity index (χ4v) is 1.66. The Morgan fingerprint density at radius 2 is 2.15 bits per heavy atom. The van der Waals surface area contributed by atoms with Crippen molar-refractivity contribution in [2.75, 3.05) is 6.61 Å². The van der Waals surface area contributed by atoms with Gasteiger partial charge in [0.2, 0.25) is 0 Å². The largest absolute Gasteiger partial charge is 0.481 e. The first-order valence-electron chi connectivity index (χ1n) is 6.02. The van der Waals surface area contributed by atoms with Gasteiger partial charge in [-0.3, -0.25) is 4.79 Å². The molecular weight excluding hydrogens is 265 g/mol. The second-order valence-corrected chi connectivity index (χ2v) is 4.12. The zero-order chi connectivity index (χ0) is 15.0. The smallest absolute Gasteiger partial charge is 0.407 e. The highest BCUT2D eigenvalue weighted by Crippen LogP contribution is 2.11. The number of benzene rings is 1. The average Bonchev–Trinajstić information content (AvgIpc) is 2.38. The van der Waals surface area contributed by atoms with E-state index in [0.29, 0.717) is 5.56 Å². The zero-order valence-electron chi connectivity index (χ0n) is 10.8. The molecule has 20 heavy (non-hydrogen) atoms. The molecule has 0 saturated carbocycles. The number of nitrogens with one attached hydrogen (secondary N) is 1. The molecule has 1 aromatic carbocycles. The molecule has 0 bridgehead atoms. The number of hydrogen-bond donors (Lipinski definition) is 2. The van der Waals surface area contributed by atoms with Crippen molar-refractivity contribution in [1.82, 2.24) is 5.32 Å². The van der Waals surface area contributed by atoms with Gasteiger partial charge in [0.25, 0.3) is 0 Å². The van der Waals surface area contributed by atoms with Gasteiger partial charge in [-0.25, -0.2) is 9.18 Å². The molecule has 1 aromatic rings. The highest BCUT2D eigenvalue weighted by molar-refractivity contribution is 5.71. The van der Waals surface area contributed by atoms with Gasteiger partial charge in [-0.1, -0.05) is 30.9 Å². The summed E-state index contributed by atoms with van der Waals surface area (Å²) in [5.74, 6) is -1.53. The number of hydrogen-bond acceptors (Lipinski definition) is 3. The minimum Gasteiger partial charge on any atom is -0.481 e. The van der Waals surface area contributed by atoms with Gasteiger partial charge in [-0.05, 0) is 18.1 Å². The summed E-state index contributed by atoms with van der Waals surface area (Å²) in [6.45, 7) is 3.41. The van der Waals surface area contributed by atoms with Crippen molar-refractivity contribution in [2.24, 2.45) is 0 Å². The number of carboxylic acid groups (broad SMARTS) is 1. The third kappa shape index (κ3) is 5.51. The topological polar surface area (TPSA) is 75.6 Å². The molecule has 6 heteroatoms. The van der Waals surface area contributed by atoms with Crippen molar-refractivity contribution in [2.45, 2.75) is 18.9 Å². The first-order valence-corrected chi connectivity index (χ1v) is 6.02. The van der Waals surface area contributed by atoms with Crippen LogP contribution in [-0.4, -0.2) is 29.8 Å². The van der Waals surface area contributed by atoms with Crippen LogP contribution in [0.15, 0.2) is 36.9 Å². The van der Waals surface area contributed by atoms with E-state index in [2.05, 4.69) is 11.9 Å². The fourth-order valence-electron chi connectivity index (χ4n) is 1.66. The van der Waals surface area contributed by atoms with Gasteiger partial charge in [0, 0.05) is 6.04 Å². The van der Waals surface area contributed by atoms with E-state index in [-0.39, 0.29) is 19.4 Å². The number of carbonyl (C=O) groups is 2. The summed E-state index contributed by atoms with van der Waals surface area (Å²) in [4.78, 5) is 22.2. The van der Waals surface area contributed by atoms with Gasteiger partial charge in [-0.2, -0.15) is 0 Å². The summed E-state index contributed by atoms with van der Waals surface area (Å²) in [7, 11) is 0. The Kier molecular flexibility index (Phi) is 6.22. The Labute approximate surface area is 116 Å². The van der Waals surface area contributed by atoms with Crippen LogP contribution in [0.2, 0.25) is 0 Å². The maximum absolute atomic E-state index is 13.5. The van der Waals surface area contributed by atoms with E-state index in [4.69, 9.17) is 9.84 Å². The Hall–Kier alpha value is -2.37. The molecule has 0 fully saturated rings. The lowest BCUT2D eigenvalue weighted by molar-refractivity contribution is -0.137. The molecule has 0 aromatic heterocycles. The van der Waals surface area contributed by atoms with Crippen molar-refractivity contribution in [3.63, 3.8) is 0 Å². The van der Waals surface area contributed by atoms with Crippen molar-refractivity contribution >= 4 is 12.1 Å². The van der Waals surface area contributed by atoms with E-state index in [9.17, 15) is 14.0 Å². The number of amides is 1. The highest BCUT2D eigenvalue weighted by Gasteiger charge is 2.18. The third-order valence-electron chi connectivity index (χ3n) is 2.50. The molecule has 2 N–H and O–H groups in total. The number of halogens is 1. The van der Waals surface area contributed by atoms with Crippen LogP contribution < -0.4 is 5.32 Å². The lowest BCUT2D eigenvalue weighted by Gasteiger charge is -2.17. The average molecular weight is 281 g/mol. The first kappa shape index (κ1) is 15.7. The van der Waals surface area contributed by atoms with Gasteiger partial charge in [0.15, 0.2) is 0 Å². The molecule has 0 heterocycles. The quantitative estimate of drug-likeness (QED) is 0.751. The van der Waals surface area contributed by atoms with E-state index >= 15 is 0 Å². The van der Waals surface area contributed by atoms with Gasteiger partial charge in [-0.15, -0.1) is 0 Å². The van der Waals surface area contributed by atoms with Crippen LogP contribution in [0.5, 0.6) is 0 Å². The lowest BCUT2D eigenvalue weighted by Crippen LogP contribution is -2.38. The summed E-state index contributed by atoms with van der Waals surface area (Å²) in [5.41, 5.74) is 0.336. The number of aliphatic carboxylic acids is 1. The Morgan fingerprint density at radius 1 is 1.45 bits per heavy atom. The number of carbonyl (C=O) groups excluding carboxylic acids is 1. The molecule has 0 spiro atoms. The predicted octanol–water partition coefficient (Wildman–Crippen LogP) is 2.12. The molecule has 1 amide bonds. The van der Waals surface area contributed by atoms with Crippen LogP contribution in [0.1, 0.15) is 12.0 Å². The minimum absolute atomic E-state index is 0.0192. The Bertz CT molecular complexity index is 490. The monoisotopic (exact) mass is 281 g/mol. The van der Waals surface area contributed by atoms with Crippen LogP contribution in [0.4, 0.5) is 9.18 Å². The van der Waals surface area contributed by atoms with E-state index in [1.165, 1.54) is 18.2 Å². The molecule has 1 atom stereocenters. The number of ether oxygens (including phenoxy) is 1. The van der Waals surface area contributed by atoms with E-state index in [1.54, 1.807) is 12.1 Å². The normalized spacial score (nSPS) is 11.4. The maximum Gasteiger partial charge on any atom is 0.407 e. The van der Waals surface area contributed by atoms with Crippen LogP contribution in [0.25, 0.3) is 0 Å². The zero-order valence-corrected chi connectivity index (χ0v) is 10.8. The number of rotatable bonds is 7. The van der Waals surface area contributed by atoms with E-state index in [1.807, 2.05) is 0 Å². The van der Waals surface area contributed by atoms with Gasteiger partial charge < -0.3 is 15.2 Å². The summed E-state index contributed by atoms with van der Waals surface area (Å²) < 4.78 is 18.2. The summed E-state index contributed by atoms with van der Waals surface area (Å²) in [5, 5.41) is 11.2. The standard InChI is InChI=1S/C14H16FNO4/c1-2-7-20-14(19)16-11(9-13(17)18)8-10-5-3-4-6-12(10)15/h2-6,11H,1,7-9H2,(H,16,19)(H,17,18)/t11-/m1/s1. The fraction of sp³-hybridized carbons (Fsp3) is 0.286. The minimum atomic E-state index is -1.09. The SMILES string of the molecule is C=CCOC(=O)N[C@@H](CC(=O)O)Cc1ccccc1F. The molecule has 0 aliphatic carbocycles. The molecule has 1 rings (SSSR count). The molecule has 0 radical (unpaired) electrons. The van der Waals surface area contributed by atoms with Crippen molar-refractivity contribution in [3.05, 3.63) is 48.3 Å². The van der Waals surface area contributed by atoms with E-state index < -0.39 is 23.9 Å². The Morgan fingerprint density at radius 3 is 2.75 bits per heavy atom. The van der Waals surface area contributed by atoms with Crippen LogP contribution in [-0.2, 0) is 16.0 Å². The van der Waals surface area contributed by atoms with Crippen LogP contribution >= 0.6 is 0 Å². The van der Waals surface area contributed by atoms with Crippen molar-refractivity contribution in [3.8, 4) is 0 Å². The first-order chi connectivity index (χ1) is 9.52. The van der Waals surface area contributed by atoms with Gasteiger partial charge in [0.1, 0.15) is 12.4 Å². The van der Waals surface area contributed by atoms with Crippen molar-refractivity contribution in [1.29, 1.82) is 0 Å². The molecule has 0 aliphatic rings. The van der Waals surface area contributed by atoms with Gasteiger partial charge in [0.05, 0.1) is 6.42 Å². The molecule has 0 unspecified atom stereocenters. The van der Waals surface area contributed by atoms with E-state index in [0.717, 1.165) is 0 Å². The predicted molar refractivity (Wildman–Crippen MR) is 70.8 cm³/mol. The molecule has 108 valence electrons. The summed E-state index contributed by atoms with van der Waals surface area (Å²) in [6, 6.07) is 5.26. The number of carboxylic acids is 1. The summed E-state index contributed by atoms with van der Waals surface area (Å²) >= 11 is 0. The highest BCUT2D eigenvalue weighted by atomic mass is 19.1. The molecular formula is C14H16FNO4. The van der Waals surface area contributed by atoms with Gasteiger partial charge >= 0.3 is 12.1 Å². The Balaban J connectivity index is 2.69. The number of alkyl carbamates (subject to hydrolysis) is 1.